The number of thiophene rings is 1. The predicted octanol–water partition coefficient (Wildman–Crippen LogP) is 3.99. The number of amides is 1. The fourth-order valence-electron chi connectivity index (χ4n) is 4.30. The number of ether oxygens (including phenoxy) is 1. The molecule has 1 aliphatic carbocycles. The lowest BCUT2D eigenvalue weighted by Crippen LogP contribution is -2.34. The van der Waals surface area contributed by atoms with Gasteiger partial charge in [-0.1, -0.05) is 32.1 Å². The van der Waals surface area contributed by atoms with E-state index >= 15 is 0 Å². The number of hydrogen-bond donors (Lipinski definition) is 1. The van der Waals surface area contributed by atoms with Crippen molar-refractivity contribution in [2.45, 2.75) is 53.0 Å². The van der Waals surface area contributed by atoms with Gasteiger partial charge in [0.1, 0.15) is 6.04 Å². The first kappa shape index (κ1) is 23.1. The zero-order valence-electron chi connectivity index (χ0n) is 19.5. The van der Waals surface area contributed by atoms with Gasteiger partial charge in [0.25, 0.3) is 5.56 Å². The van der Waals surface area contributed by atoms with E-state index in [2.05, 4.69) is 36.4 Å². The molecule has 0 fully saturated rings. The van der Waals surface area contributed by atoms with Crippen molar-refractivity contribution < 1.29 is 14.3 Å². The number of rotatable bonds is 4. The molecule has 0 saturated heterocycles. The molecule has 1 aromatic carbocycles. The largest absolute Gasteiger partial charge is 0.465 e. The number of hydrogen-bond acceptors (Lipinski definition) is 7. The van der Waals surface area contributed by atoms with Crippen LogP contribution in [0.25, 0.3) is 10.2 Å². The van der Waals surface area contributed by atoms with Crippen LogP contribution in [-0.4, -0.2) is 34.0 Å². The van der Waals surface area contributed by atoms with Crippen LogP contribution in [0.15, 0.2) is 29.1 Å². The van der Waals surface area contributed by atoms with E-state index in [1.54, 1.807) is 36.5 Å². The first-order valence-electron chi connectivity index (χ1n) is 11.0. The molecular formula is C24H28N4O4S. The molecule has 2 atom stereocenters. The summed E-state index contributed by atoms with van der Waals surface area (Å²) in [6.07, 6.45) is 2.79. The molecule has 1 N–H and O–H groups in total. The molecular weight excluding hydrogens is 440 g/mol. The van der Waals surface area contributed by atoms with Crippen LogP contribution in [0.2, 0.25) is 0 Å². The number of carbonyl (C=O) groups is 2. The van der Waals surface area contributed by atoms with E-state index in [-0.39, 0.29) is 11.0 Å². The van der Waals surface area contributed by atoms with Gasteiger partial charge in [-0.15, -0.1) is 16.4 Å². The molecule has 2 heterocycles. The Labute approximate surface area is 196 Å². The van der Waals surface area contributed by atoms with Crippen LogP contribution < -0.4 is 10.9 Å². The molecule has 9 heteroatoms. The van der Waals surface area contributed by atoms with E-state index in [1.165, 1.54) is 18.1 Å². The van der Waals surface area contributed by atoms with E-state index in [1.807, 2.05) is 0 Å². The second-order valence-electron chi connectivity index (χ2n) is 9.57. The molecule has 0 saturated carbocycles. The van der Waals surface area contributed by atoms with Crippen molar-refractivity contribution in [2.75, 3.05) is 12.4 Å². The van der Waals surface area contributed by atoms with Gasteiger partial charge in [0, 0.05) is 10.6 Å². The smallest absolute Gasteiger partial charge is 0.337 e. The topological polar surface area (TPSA) is 103 Å². The molecule has 0 aliphatic heterocycles. The quantitative estimate of drug-likeness (QED) is 0.581. The van der Waals surface area contributed by atoms with E-state index in [9.17, 15) is 14.4 Å². The van der Waals surface area contributed by atoms with Crippen LogP contribution in [0.1, 0.15) is 61.0 Å². The first-order chi connectivity index (χ1) is 15.6. The maximum atomic E-state index is 13.3. The zero-order chi connectivity index (χ0) is 23.9. The summed E-state index contributed by atoms with van der Waals surface area (Å²) in [4.78, 5) is 39.8. The Morgan fingerprint density at radius 2 is 2.06 bits per heavy atom. The highest BCUT2D eigenvalue weighted by Gasteiger charge is 2.32. The standard InChI is InChI=1S/C24H28N4O4S/c1-13(20(29)25-16-8-6-7-14(11-16)23(31)32-5)28-22(30)19-17-10-9-15(24(2,3)4)12-18(17)33-21(19)26-27-28/h6-8,11,13,15H,9-10,12H2,1-5H3,(H,25,29). The molecule has 0 radical (unpaired) electrons. The fraction of sp³-hybridized carbons (Fsp3) is 0.458. The summed E-state index contributed by atoms with van der Waals surface area (Å²) in [6.45, 7) is 8.37. The maximum Gasteiger partial charge on any atom is 0.337 e. The van der Waals surface area contributed by atoms with E-state index < -0.39 is 17.9 Å². The highest BCUT2D eigenvalue weighted by molar-refractivity contribution is 7.18. The van der Waals surface area contributed by atoms with Crippen LogP contribution in [-0.2, 0) is 22.4 Å². The minimum atomic E-state index is -0.877. The average Bonchev–Trinajstić information content (AvgIpc) is 3.16. The molecule has 1 amide bonds. The lowest BCUT2D eigenvalue weighted by molar-refractivity contribution is -0.119. The average molecular weight is 469 g/mol. The summed E-state index contributed by atoms with van der Waals surface area (Å²) in [7, 11) is 1.29. The molecule has 0 spiro atoms. The van der Waals surface area contributed by atoms with Crippen LogP contribution >= 0.6 is 11.3 Å². The third-order valence-corrected chi connectivity index (χ3v) is 7.56. The van der Waals surface area contributed by atoms with Crippen LogP contribution in [0.3, 0.4) is 0 Å². The second kappa shape index (κ2) is 8.70. The van der Waals surface area contributed by atoms with Gasteiger partial charge >= 0.3 is 5.97 Å². The first-order valence-corrected chi connectivity index (χ1v) is 11.8. The number of benzene rings is 1. The molecule has 33 heavy (non-hydrogen) atoms. The molecule has 3 aromatic rings. The highest BCUT2D eigenvalue weighted by atomic mass is 32.1. The van der Waals surface area contributed by atoms with Crippen LogP contribution in [0.4, 0.5) is 5.69 Å². The Hall–Kier alpha value is -3.07. The van der Waals surface area contributed by atoms with E-state index in [0.717, 1.165) is 29.5 Å². The Morgan fingerprint density at radius 3 is 2.76 bits per heavy atom. The Morgan fingerprint density at radius 1 is 1.30 bits per heavy atom. The SMILES string of the molecule is COC(=O)c1cccc(NC(=O)C(C)n2nnc3sc4c(c3c2=O)CCC(C(C)(C)C)C4)c1. The predicted molar refractivity (Wildman–Crippen MR) is 128 cm³/mol. The van der Waals surface area contributed by atoms with Crippen molar-refractivity contribution in [1.82, 2.24) is 15.0 Å². The molecule has 8 nitrogen and oxygen atoms in total. The van der Waals surface area contributed by atoms with Crippen molar-refractivity contribution in [3.05, 3.63) is 50.6 Å². The highest BCUT2D eigenvalue weighted by Crippen LogP contribution is 2.41. The zero-order valence-corrected chi connectivity index (χ0v) is 20.3. The second-order valence-corrected chi connectivity index (χ2v) is 10.7. The third-order valence-electron chi connectivity index (χ3n) is 6.42. The molecule has 1 aliphatic rings. The minimum absolute atomic E-state index is 0.206. The Balaban J connectivity index is 1.61. The van der Waals surface area contributed by atoms with Crippen LogP contribution in [0.5, 0.6) is 0 Å². The molecule has 174 valence electrons. The van der Waals surface area contributed by atoms with Gasteiger partial charge in [-0.2, -0.15) is 4.68 Å². The molecule has 2 aromatic heterocycles. The molecule has 4 rings (SSSR count). The van der Waals surface area contributed by atoms with Crippen LogP contribution in [0, 0.1) is 11.3 Å². The van der Waals surface area contributed by atoms with Gasteiger partial charge < -0.3 is 10.1 Å². The number of aromatic nitrogens is 3. The van der Waals surface area contributed by atoms with Crippen molar-refractivity contribution in [2.24, 2.45) is 11.3 Å². The Kier molecular flexibility index (Phi) is 6.09. The van der Waals surface area contributed by atoms with Gasteiger partial charge in [-0.05, 0) is 61.3 Å². The summed E-state index contributed by atoms with van der Waals surface area (Å²) in [5.41, 5.74) is 1.72. The number of carbonyl (C=O) groups excluding carboxylic acids is 2. The van der Waals surface area contributed by atoms with Crippen molar-refractivity contribution in [1.29, 1.82) is 0 Å². The van der Waals surface area contributed by atoms with E-state index in [4.69, 9.17) is 4.74 Å². The van der Waals surface area contributed by atoms with Gasteiger partial charge in [-0.3, -0.25) is 9.59 Å². The number of nitrogens with zero attached hydrogens (tertiary/aromatic N) is 3. The number of esters is 1. The summed E-state index contributed by atoms with van der Waals surface area (Å²) < 4.78 is 5.86. The number of aryl methyl sites for hydroxylation is 1. The number of anilines is 1. The molecule has 0 bridgehead atoms. The van der Waals surface area contributed by atoms with Gasteiger partial charge in [0.15, 0.2) is 4.83 Å². The number of fused-ring (bicyclic) bond motifs is 3. The minimum Gasteiger partial charge on any atom is -0.465 e. The third kappa shape index (κ3) is 4.42. The summed E-state index contributed by atoms with van der Waals surface area (Å²) in [5.74, 6) is -0.369. The lowest BCUT2D eigenvalue weighted by atomic mass is 9.72. The van der Waals surface area contributed by atoms with Crippen molar-refractivity contribution >= 4 is 39.1 Å². The monoisotopic (exact) mass is 468 g/mol. The van der Waals surface area contributed by atoms with Gasteiger partial charge in [0.05, 0.1) is 18.1 Å². The van der Waals surface area contributed by atoms with Gasteiger partial charge in [-0.25, -0.2) is 4.79 Å². The summed E-state index contributed by atoms with van der Waals surface area (Å²) in [5, 5.41) is 11.7. The normalized spacial score (nSPS) is 16.8. The summed E-state index contributed by atoms with van der Waals surface area (Å²) in [6, 6.07) is 5.55. The van der Waals surface area contributed by atoms with E-state index in [0.29, 0.717) is 27.4 Å². The number of nitrogens with one attached hydrogen (secondary N) is 1. The van der Waals surface area contributed by atoms with Crippen molar-refractivity contribution in [3.63, 3.8) is 0 Å². The Bertz CT molecular complexity index is 1290. The van der Waals surface area contributed by atoms with Gasteiger partial charge in [0.2, 0.25) is 5.91 Å². The molecule has 2 unspecified atom stereocenters. The maximum absolute atomic E-state index is 13.3. The number of methoxy groups -OCH3 is 1. The lowest BCUT2D eigenvalue weighted by Gasteiger charge is -2.33. The fourth-order valence-corrected chi connectivity index (χ4v) is 5.53. The summed E-state index contributed by atoms with van der Waals surface area (Å²) >= 11 is 1.54. The van der Waals surface area contributed by atoms with Crippen molar-refractivity contribution in [3.8, 4) is 0 Å².